The number of nitrogens with one attached hydrogen (secondary N) is 1. The van der Waals surface area contributed by atoms with Crippen LogP contribution in [0.3, 0.4) is 0 Å². The van der Waals surface area contributed by atoms with Gasteiger partial charge in [-0.1, -0.05) is 47.8 Å². The molecule has 2 aromatic carbocycles. The molecule has 1 aromatic heterocycles. The summed E-state index contributed by atoms with van der Waals surface area (Å²) in [5.41, 5.74) is 5.38. The molecule has 0 aliphatic heterocycles. The van der Waals surface area contributed by atoms with Crippen LogP contribution in [0, 0.1) is 0 Å². The van der Waals surface area contributed by atoms with E-state index in [1.54, 1.807) is 0 Å². The molecule has 0 atom stereocenters. The Kier molecular flexibility index (Phi) is 7.42. The smallest absolute Gasteiger partial charge is 0.391 e. The molecule has 1 heterocycles. The summed E-state index contributed by atoms with van der Waals surface area (Å²) in [4.78, 5) is 21.4. The zero-order chi connectivity index (χ0) is 22.4. The maximum absolute atomic E-state index is 12.8. The van der Waals surface area contributed by atoms with Gasteiger partial charge in [-0.25, -0.2) is 9.97 Å². The largest absolute Gasteiger partial charge is 0.416 e. The molecule has 1 amide bonds. The van der Waals surface area contributed by atoms with Crippen molar-refractivity contribution in [1.82, 2.24) is 9.97 Å². The quantitative estimate of drug-likeness (QED) is 0.349. The van der Waals surface area contributed by atoms with Crippen molar-refractivity contribution in [3.05, 3.63) is 65.7 Å². The second-order valence-corrected chi connectivity index (χ2v) is 8.19. The number of carbonyl (C=O) groups excluding carboxylic acids is 1. The molecule has 31 heavy (non-hydrogen) atoms. The Morgan fingerprint density at radius 2 is 1.77 bits per heavy atom. The predicted molar refractivity (Wildman–Crippen MR) is 114 cm³/mol. The number of aliphatic hydroxyl groups is 1. The van der Waals surface area contributed by atoms with Gasteiger partial charge >= 0.3 is 6.18 Å². The summed E-state index contributed by atoms with van der Waals surface area (Å²) >= 11 is 2.31. The number of aromatic nitrogens is 2. The molecule has 0 spiro atoms. The molecule has 0 saturated carbocycles. The molecule has 0 aliphatic rings. The lowest BCUT2D eigenvalue weighted by Gasteiger charge is -2.12. The number of nitrogen functional groups attached to an aromatic ring is 1. The predicted octanol–water partition coefficient (Wildman–Crippen LogP) is 4.45. The molecule has 0 fully saturated rings. The monoisotopic (exact) mass is 466 g/mol. The van der Waals surface area contributed by atoms with Gasteiger partial charge in [0.25, 0.3) is 0 Å². The van der Waals surface area contributed by atoms with Gasteiger partial charge in [0.05, 0.1) is 17.9 Å². The van der Waals surface area contributed by atoms with Crippen LogP contribution in [0.1, 0.15) is 11.1 Å². The molecule has 3 rings (SSSR count). The second-order valence-electron chi connectivity index (χ2n) is 6.16. The fourth-order valence-corrected chi connectivity index (χ4v) is 4.34. The summed E-state index contributed by atoms with van der Waals surface area (Å²) in [5.74, 6) is -0.686. The second kappa shape index (κ2) is 10.0. The van der Waals surface area contributed by atoms with Gasteiger partial charge in [0.2, 0.25) is 11.9 Å². The van der Waals surface area contributed by atoms with E-state index in [1.165, 1.54) is 23.9 Å². The number of benzene rings is 2. The summed E-state index contributed by atoms with van der Waals surface area (Å²) in [5, 5.41) is 13.0. The lowest BCUT2D eigenvalue weighted by Crippen LogP contribution is -2.15. The first-order valence-corrected chi connectivity index (χ1v) is 10.7. The third-order valence-electron chi connectivity index (χ3n) is 3.88. The molecule has 162 valence electrons. The molecule has 11 heteroatoms. The molecule has 0 bridgehead atoms. The minimum absolute atomic E-state index is 0.0172. The zero-order valence-electron chi connectivity index (χ0n) is 15.9. The number of nitrogens with zero attached hydrogens (tertiary/aromatic N) is 2. The first-order valence-electron chi connectivity index (χ1n) is 8.86. The number of amides is 1. The third-order valence-corrected chi connectivity index (χ3v) is 5.93. The number of alkyl halides is 3. The van der Waals surface area contributed by atoms with Crippen LogP contribution in [0.2, 0.25) is 0 Å². The number of hydrogen-bond acceptors (Lipinski definition) is 7. The highest BCUT2D eigenvalue weighted by molar-refractivity contribution is 8.00. The maximum Gasteiger partial charge on any atom is 0.416 e. The Hall–Kier alpha value is -2.76. The van der Waals surface area contributed by atoms with Crippen molar-refractivity contribution in [2.45, 2.75) is 27.7 Å². The number of rotatable bonds is 7. The lowest BCUT2D eigenvalue weighted by molar-refractivity contribution is -0.137. The van der Waals surface area contributed by atoms with Gasteiger partial charge in [0, 0.05) is 16.1 Å². The molecule has 6 nitrogen and oxygen atoms in total. The van der Waals surface area contributed by atoms with Crippen molar-refractivity contribution in [3.63, 3.8) is 0 Å². The number of nitrogens with two attached hydrogens (primary N) is 1. The number of carbonyl (C=O) groups is 1. The van der Waals surface area contributed by atoms with E-state index in [9.17, 15) is 23.1 Å². The first kappa shape index (κ1) is 22.9. The molecule has 4 N–H and O–H groups in total. The standard InChI is InChI=1S/C20H17F3N4O2S2/c21-20(22,23)12-5-4-6-13(9-12)25-16(29)11-30-17-15(10-28)18(27-19(24)26-17)31-14-7-2-1-3-8-14/h1-9,28H,10-11H2,(H,25,29)(H2,24,26,27). The van der Waals surface area contributed by atoms with Crippen LogP contribution >= 0.6 is 23.5 Å². The van der Waals surface area contributed by atoms with Crippen LogP contribution in [0.4, 0.5) is 24.8 Å². The van der Waals surface area contributed by atoms with Gasteiger partial charge in [0.1, 0.15) is 10.1 Å². The van der Waals surface area contributed by atoms with Gasteiger partial charge in [-0.05, 0) is 30.3 Å². The Morgan fingerprint density at radius 3 is 2.45 bits per heavy atom. The van der Waals surface area contributed by atoms with E-state index >= 15 is 0 Å². The van der Waals surface area contributed by atoms with Crippen molar-refractivity contribution in [2.75, 3.05) is 16.8 Å². The van der Waals surface area contributed by atoms with E-state index in [4.69, 9.17) is 5.73 Å². The molecule has 0 saturated heterocycles. The average molecular weight is 467 g/mol. The molecule has 0 aliphatic carbocycles. The van der Waals surface area contributed by atoms with Crippen LogP contribution in [-0.2, 0) is 17.6 Å². The fourth-order valence-electron chi connectivity index (χ4n) is 2.50. The van der Waals surface area contributed by atoms with Crippen molar-refractivity contribution < 1.29 is 23.1 Å². The maximum atomic E-state index is 12.8. The van der Waals surface area contributed by atoms with E-state index in [-0.39, 0.29) is 24.0 Å². The van der Waals surface area contributed by atoms with Gasteiger partial charge in [-0.3, -0.25) is 4.79 Å². The van der Waals surface area contributed by atoms with E-state index < -0.39 is 17.6 Å². The number of anilines is 2. The minimum atomic E-state index is -4.50. The highest BCUT2D eigenvalue weighted by atomic mass is 32.2. The minimum Gasteiger partial charge on any atom is -0.391 e. The van der Waals surface area contributed by atoms with Crippen molar-refractivity contribution >= 4 is 41.1 Å². The van der Waals surface area contributed by atoms with E-state index in [0.29, 0.717) is 15.6 Å². The van der Waals surface area contributed by atoms with Gasteiger partial charge in [-0.2, -0.15) is 13.2 Å². The number of hydrogen-bond donors (Lipinski definition) is 3. The molecule has 3 aromatic rings. The molecular weight excluding hydrogens is 449 g/mol. The summed E-state index contributed by atoms with van der Waals surface area (Å²) < 4.78 is 38.5. The number of thioether (sulfide) groups is 1. The van der Waals surface area contributed by atoms with Crippen LogP contribution in [0.15, 0.2) is 69.5 Å². The molecule has 0 radical (unpaired) electrons. The highest BCUT2D eigenvalue weighted by Crippen LogP contribution is 2.34. The van der Waals surface area contributed by atoms with Crippen molar-refractivity contribution in [1.29, 1.82) is 0 Å². The molecular formula is C20H17F3N4O2S2. The van der Waals surface area contributed by atoms with E-state index in [2.05, 4.69) is 15.3 Å². The summed E-state index contributed by atoms with van der Waals surface area (Å²) in [6.45, 7) is -0.368. The van der Waals surface area contributed by atoms with Crippen LogP contribution in [-0.4, -0.2) is 26.7 Å². The Morgan fingerprint density at radius 1 is 1.06 bits per heavy atom. The number of aliphatic hydroxyl groups excluding tert-OH is 1. The van der Waals surface area contributed by atoms with Crippen LogP contribution in [0.25, 0.3) is 0 Å². The van der Waals surface area contributed by atoms with Gasteiger partial charge in [-0.15, -0.1) is 0 Å². The Balaban J connectivity index is 1.72. The van der Waals surface area contributed by atoms with Crippen molar-refractivity contribution in [3.8, 4) is 0 Å². The van der Waals surface area contributed by atoms with Crippen molar-refractivity contribution in [2.24, 2.45) is 0 Å². The lowest BCUT2D eigenvalue weighted by atomic mass is 10.2. The van der Waals surface area contributed by atoms with Crippen LogP contribution < -0.4 is 11.1 Å². The molecule has 0 unspecified atom stereocenters. The van der Waals surface area contributed by atoms with E-state index in [1.807, 2.05) is 30.3 Å². The topological polar surface area (TPSA) is 101 Å². The summed E-state index contributed by atoms with van der Waals surface area (Å²) in [6, 6.07) is 13.7. The summed E-state index contributed by atoms with van der Waals surface area (Å²) in [6.07, 6.45) is -4.50. The zero-order valence-corrected chi connectivity index (χ0v) is 17.5. The van der Waals surface area contributed by atoms with Crippen LogP contribution in [0.5, 0.6) is 0 Å². The Bertz CT molecular complexity index is 1070. The van der Waals surface area contributed by atoms with Gasteiger partial charge < -0.3 is 16.2 Å². The third kappa shape index (κ3) is 6.36. The Labute approximate surface area is 184 Å². The average Bonchev–Trinajstić information content (AvgIpc) is 2.72. The normalized spacial score (nSPS) is 11.4. The highest BCUT2D eigenvalue weighted by Gasteiger charge is 2.30. The first-order chi connectivity index (χ1) is 14.8. The fraction of sp³-hybridized carbons (Fsp3) is 0.150. The number of halogens is 3. The SMILES string of the molecule is Nc1nc(SCC(=O)Nc2cccc(C(F)(F)F)c2)c(CO)c(Sc2ccccc2)n1. The van der Waals surface area contributed by atoms with E-state index in [0.717, 1.165) is 28.8 Å². The van der Waals surface area contributed by atoms with Gasteiger partial charge in [0.15, 0.2) is 0 Å². The summed E-state index contributed by atoms with van der Waals surface area (Å²) in [7, 11) is 0.